The first-order valence-electron chi connectivity index (χ1n) is 12.0. The van der Waals surface area contributed by atoms with Gasteiger partial charge >= 0.3 is 0 Å². The number of hydrogen-bond donors (Lipinski definition) is 2. The Morgan fingerprint density at radius 1 is 0.917 bits per heavy atom. The number of fused-ring (bicyclic) bond motifs is 6. The van der Waals surface area contributed by atoms with E-state index in [1.165, 1.54) is 5.56 Å². The Labute approximate surface area is 214 Å². The van der Waals surface area contributed by atoms with Gasteiger partial charge in [0.25, 0.3) is 0 Å². The maximum Gasteiger partial charge on any atom is 0.141 e. The number of aliphatic hydroxyl groups is 1. The molecule has 0 amide bonds. The fourth-order valence-corrected chi connectivity index (χ4v) is 5.07. The minimum atomic E-state index is -0.643. The molecule has 0 bridgehead atoms. The van der Waals surface area contributed by atoms with E-state index < -0.39 is 5.60 Å². The lowest BCUT2D eigenvalue weighted by molar-refractivity contribution is 0.0682. The zero-order valence-corrected chi connectivity index (χ0v) is 20.9. The van der Waals surface area contributed by atoms with Crippen LogP contribution in [0, 0.1) is 22.7 Å². The maximum absolute atomic E-state index is 9.99. The van der Waals surface area contributed by atoms with Gasteiger partial charge in [0.2, 0.25) is 0 Å². The number of unbranched alkanes of at least 4 members (excludes halogenated alkanes) is 1. The van der Waals surface area contributed by atoms with Gasteiger partial charge in [0.1, 0.15) is 5.82 Å². The predicted octanol–water partition coefficient (Wildman–Crippen LogP) is 7.42. The second kappa shape index (κ2) is 9.28. The van der Waals surface area contributed by atoms with Gasteiger partial charge < -0.3 is 10.1 Å². The Hall–Kier alpha value is -3.90. The molecule has 36 heavy (non-hydrogen) atoms. The average Bonchev–Trinajstić information content (AvgIpc) is 3.30. The molecule has 0 spiro atoms. The second-order valence-electron chi connectivity index (χ2n) is 9.85. The van der Waals surface area contributed by atoms with Crippen LogP contribution in [0.5, 0.6) is 0 Å². The van der Waals surface area contributed by atoms with E-state index in [-0.39, 0.29) is 0 Å². The minimum Gasteiger partial charge on any atom is -0.390 e. The molecule has 0 radical (unpaired) electrons. The molecular weight excluding hydrogens is 468 g/mol. The molecule has 1 aromatic heterocycles. The molecule has 0 saturated carbocycles. The van der Waals surface area contributed by atoms with Gasteiger partial charge in [0, 0.05) is 15.8 Å². The summed E-state index contributed by atoms with van der Waals surface area (Å²) in [5, 5.41) is 34.1. The maximum atomic E-state index is 9.99. The average molecular weight is 493 g/mol. The van der Waals surface area contributed by atoms with Gasteiger partial charge in [0.05, 0.1) is 45.5 Å². The van der Waals surface area contributed by atoms with Crippen molar-refractivity contribution in [1.82, 2.24) is 9.97 Å². The molecule has 5 aromatic rings. The van der Waals surface area contributed by atoms with Crippen molar-refractivity contribution in [2.24, 2.45) is 0 Å². The van der Waals surface area contributed by atoms with Crippen LogP contribution in [0.1, 0.15) is 49.8 Å². The molecule has 2 N–H and O–H groups in total. The highest BCUT2D eigenvalue weighted by molar-refractivity contribution is 6.33. The number of imidazole rings is 1. The number of aromatic amines is 1. The first-order chi connectivity index (χ1) is 17.3. The van der Waals surface area contributed by atoms with Crippen LogP contribution in [0.2, 0.25) is 5.02 Å². The normalized spacial score (nSPS) is 11.7. The number of nitrogens with zero attached hydrogens (tertiary/aromatic N) is 3. The summed E-state index contributed by atoms with van der Waals surface area (Å²) in [4.78, 5) is 8.32. The first-order valence-corrected chi connectivity index (χ1v) is 12.4. The van der Waals surface area contributed by atoms with Crippen LogP contribution in [-0.4, -0.2) is 20.7 Å². The number of benzene rings is 4. The van der Waals surface area contributed by atoms with E-state index in [1.54, 1.807) is 18.2 Å². The smallest absolute Gasteiger partial charge is 0.141 e. The number of hydrogen-bond acceptors (Lipinski definition) is 4. The van der Waals surface area contributed by atoms with E-state index in [4.69, 9.17) is 16.6 Å². The molecule has 4 aromatic carbocycles. The standard InChI is InChI=1S/C30H25ClN4O/c1-30(2,36)13-4-3-6-18-9-11-22-24(14-18)25-15-21(31)10-12-23(25)28-27(22)34-29(35-28)26-19(16-32)7-5-8-20(26)17-33/h5,7-12,14-15,36H,3-4,6,13H2,1-2H3,(H,34,35). The molecule has 0 aliphatic heterocycles. The number of nitriles is 2. The van der Waals surface area contributed by atoms with E-state index in [1.807, 2.05) is 32.0 Å². The quantitative estimate of drug-likeness (QED) is 0.190. The van der Waals surface area contributed by atoms with Crippen molar-refractivity contribution in [3.05, 3.63) is 76.3 Å². The van der Waals surface area contributed by atoms with Crippen LogP contribution in [0.25, 0.3) is 44.0 Å². The lowest BCUT2D eigenvalue weighted by Crippen LogP contribution is -2.17. The number of rotatable bonds is 6. The van der Waals surface area contributed by atoms with Crippen LogP contribution in [-0.2, 0) is 6.42 Å². The minimum absolute atomic E-state index is 0.401. The molecule has 0 saturated heterocycles. The number of aromatic nitrogens is 2. The van der Waals surface area contributed by atoms with Crippen LogP contribution in [0.15, 0.2) is 54.6 Å². The zero-order chi connectivity index (χ0) is 25.4. The number of nitrogens with one attached hydrogen (secondary N) is 1. The van der Waals surface area contributed by atoms with Gasteiger partial charge in [-0.15, -0.1) is 0 Å². The SMILES string of the molecule is CC(C)(O)CCCCc1ccc2c(c1)c1cc(Cl)ccc1c1nc(-c3c(C#N)cccc3C#N)[nH]c21. The van der Waals surface area contributed by atoms with Crippen molar-refractivity contribution in [2.45, 2.75) is 45.1 Å². The summed E-state index contributed by atoms with van der Waals surface area (Å²) < 4.78 is 0. The van der Waals surface area contributed by atoms with Crippen molar-refractivity contribution >= 4 is 44.2 Å². The molecular formula is C30H25ClN4O. The van der Waals surface area contributed by atoms with Crippen LogP contribution >= 0.6 is 11.6 Å². The Kier molecular flexibility index (Phi) is 6.14. The molecule has 0 atom stereocenters. The number of aryl methyl sites for hydroxylation is 1. The van der Waals surface area contributed by atoms with Gasteiger partial charge in [-0.25, -0.2) is 4.98 Å². The molecule has 0 unspecified atom stereocenters. The van der Waals surface area contributed by atoms with Crippen molar-refractivity contribution in [3.63, 3.8) is 0 Å². The third-order valence-corrected chi connectivity index (χ3v) is 6.87. The number of halogens is 1. The first kappa shape index (κ1) is 23.8. The monoisotopic (exact) mass is 492 g/mol. The molecule has 0 fully saturated rings. The lowest BCUT2D eigenvalue weighted by atomic mass is 9.95. The molecule has 5 nitrogen and oxygen atoms in total. The summed E-state index contributed by atoms with van der Waals surface area (Å²) in [7, 11) is 0. The van der Waals surface area contributed by atoms with E-state index in [0.29, 0.717) is 27.5 Å². The summed E-state index contributed by atoms with van der Waals surface area (Å²) in [5.41, 5.74) is 3.53. The summed E-state index contributed by atoms with van der Waals surface area (Å²) in [5.74, 6) is 0.498. The molecule has 5 rings (SSSR count). The van der Waals surface area contributed by atoms with Crippen LogP contribution in [0.4, 0.5) is 0 Å². The predicted molar refractivity (Wildman–Crippen MR) is 145 cm³/mol. The van der Waals surface area contributed by atoms with E-state index in [2.05, 4.69) is 35.3 Å². The van der Waals surface area contributed by atoms with Gasteiger partial charge in [-0.05, 0) is 73.7 Å². The third-order valence-electron chi connectivity index (χ3n) is 6.63. The largest absolute Gasteiger partial charge is 0.390 e. The van der Waals surface area contributed by atoms with Crippen molar-refractivity contribution < 1.29 is 5.11 Å². The molecule has 178 valence electrons. The summed E-state index contributed by atoms with van der Waals surface area (Å²) in [6.07, 6.45) is 3.63. The Morgan fingerprint density at radius 2 is 1.61 bits per heavy atom. The van der Waals surface area contributed by atoms with Gasteiger partial charge in [0.15, 0.2) is 0 Å². The van der Waals surface area contributed by atoms with Gasteiger partial charge in [-0.2, -0.15) is 10.5 Å². The van der Waals surface area contributed by atoms with Crippen molar-refractivity contribution in [2.75, 3.05) is 0 Å². The molecule has 0 aliphatic carbocycles. The summed E-state index contributed by atoms with van der Waals surface area (Å²) >= 11 is 6.41. The molecule has 1 heterocycles. The van der Waals surface area contributed by atoms with E-state index in [9.17, 15) is 15.6 Å². The lowest BCUT2D eigenvalue weighted by Gasteiger charge is -2.16. The van der Waals surface area contributed by atoms with E-state index >= 15 is 0 Å². The third kappa shape index (κ3) is 4.40. The Balaban J connectivity index is 1.69. The Bertz CT molecular complexity index is 1680. The van der Waals surface area contributed by atoms with Gasteiger partial charge in [-0.1, -0.05) is 48.4 Å². The highest BCUT2D eigenvalue weighted by Gasteiger charge is 2.19. The van der Waals surface area contributed by atoms with Crippen molar-refractivity contribution in [1.29, 1.82) is 10.5 Å². The summed E-state index contributed by atoms with van der Waals surface area (Å²) in [6, 6.07) is 21.7. The van der Waals surface area contributed by atoms with Gasteiger partial charge in [-0.3, -0.25) is 0 Å². The number of H-pyrrole nitrogens is 1. The zero-order valence-electron chi connectivity index (χ0n) is 20.2. The van der Waals surface area contributed by atoms with Crippen molar-refractivity contribution in [3.8, 4) is 23.5 Å². The fourth-order valence-electron chi connectivity index (χ4n) is 4.90. The Morgan fingerprint density at radius 3 is 2.31 bits per heavy atom. The second-order valence-corrected chi connectivity index (χ2v) is 10.3. The fraction of sp³-hybridized carbons (Fsp3) is 0.233. The topological polar surface area (TPSA) is 96.5 Å². The van der Waals surface area contributed by atoms with E-state index in [0.717, 1.165) is 58.3 Å². The highest BCUT2D eigenvalue weighted by atomic mass is 35.5. The molecule has 6 heteroatoms. The molecule has 0 aliphatic rings. The highest BCUT2D eigenvalue weighted by Crippen LogP contribution is 2.38. The van der Waals surface area contributed by atoms with Crippen LogP contribution < -0.4 is 0 Å². The van der Waals surface area contributed by atoms with Crippen LogP contribution in [0.3, 0.4) is 0 Å². The summed E-state index contributed by atoms with van der Waals surface area (Å²) in [6.45, 7) is 3.69.